The summed E-state index contributed by atoms with van der Waals surface area (Å²) in [6, 6.07) is 13.4. The van der Waals surface area contributed by atoms with Crippen LogP contribution in [0.1, 0.15) is 24.1 Å². The number of benzene rings is 2. The number of ketones is 1. The lowest BCUT2D eigenvalue weighted by Crippen LogP contribution is -2.35. The molecule has 2 aromatic rings. The summed E-state index contributed by atoms with van der Waals surface area (Å²) in [5, 5.41) is 11.4. The molecule has 1 aliphatic rings. The van der Waals surface area contributed by atoms with Gasteiger partial charge in [-0.05, 0) is 44.8 Å². The lowest BCUT2D eigenvalue weighted by molar-refractivity contribution is -0.140. The highest BCUT2D eigenvalue weighted by Crippen LogP contribution is 2.40. The molecule has 0 unspecified atom stereocenters. The van der Waals surface area contributed by atoms with E-state index in [2.05, 4.69) is 0 Å². The van der Waals surface area contributed by atoms with Crippen molar-refractivity contribution in [2.45, 2.75) is 13.0 Å². The predicted octanol–water partition coefficient (Wildman–Crippen LogP) is 3.72. The summed E-state index contributed by atoms with van der Waals surface area (Å²) < 4.78 is 5.43. The molecule has 6 nitrogen and oxygen atoms in total. The third-order valence-corrected chi connectivity index (χ3v) is 5.24. The molecule has 1 aliphatic heterocycles. The van der Waals surface area contributed by atoms with E-state index in [9.17, 15) is 14.7 Å². The Hall–Kier alpha value is -2.83. The fourth-order valence-corrected chi connectivity index (χ4v) is 3.71. The van der Waals surface area contributed by atoms with E-state index in [1.165, 1.54) is 11.0 Å². The van der Waals surface area contributed by atoms with Gasteiger partial charge in [-0.15, -0.1) is 0 Å². The van der Waals surface area contributed by atoms with Crippen molar-refractivity contribution < 1.29 is 19.4 Å². The third-order valence-electron chi connectivity index (χ3n) is 4.95. The smallest absolute Gasteiger partial charge is 0.295 e. The number of likely N-dealkylation sites (N-methyl/N-ethyl adjacent to an activating group) is 1. The van der Waals surface area contributed by atoms with Crippen LogP contribution >= 0.6 is 11.6 Å². The zero-order valence-corrected chi connectivity index (χ0v) is 18.0. The van der Waals surface area contributed by atoms with E-state index in [1.54, 1.807) is 12.1 Å². The Morgan fingerprint density at radius 2 is 1.87 bits per heavy atom. The van der Waals surface area contributed by atoms with Gasteiger partial charge in [-0.2, -0.15) is 0 Å². The number of hydrogen-bond acceptors (Lipinski definition) is 5. The van der Waals surface area contributed by atoms with Gasteiger partial charge in [-0.3, -0.25) is 9.59 Å². The van der Waals surface area contributed by atoms with E-state index < -0.39 is 17.7 Å². The molecule has 1 saturated heterocycles. The fourth-order valence-electron chi connectivity index (χ4n) is 3.48. The van der Waals surface area contributed by atoms with E-state index in [4.69, 9.17) is 16.3 Å². The van der Waals surface area contributed by atoms with Gasteiger partial charge in [0.15, 0.2) is 0 Å². The average Bonchev–Trinajstić information content (AvgIpc) is 2.98. The van der Waals surface area contributed by atoms with Crippen LogP contribution < -0.4 is 4.74 Å². The molecule has 3 rings (SSSR count). The number of aliphatic hydroxyl groups excluding tert-OH is 1. The molecule has 1 N–H and O–H groups in total. The molecule has 1 amide bonds. The molecule has 0 spiro atoms. The number of hydrogen-bond donors (Lipinski definition) is 1. The molecule has 0 saturated carbocycles. The molecular formula is C23H25ClN2O4. The zero-order valence-electron chi connectivity index (χ0n) is 17.3. The lowest BCUT2D eigenvalue weighted by atomic mass is 9.95. The predicted molar refractivity (Wildman–Crippen MR) is 117 cm³/mol. The standard InChI is InChI=1S/C23H25ClN2O4/c1-4-30-18-11-10-16(14-17(18)24)21(27)19-20(15-8-6-5-7-9-15)26(13-12-25(2)3)23(29)22(19)28/h5-11,14,20,27H,4,12-13H2,1-3H3/t20-/m1/s1. The van der Waals surface area contributed by atoms with Crippen LogP contribution in [-0.4, -0.2) is 60.4 Å². The molecule has 30 heavy (non-hydrogen) atoms. The lowest BCUT2D eigenvalue weighted by Gasteiger charge is -2.26. The number of likely N-dealkylation sites (tertiary alicyclic amines) is 1. The highest BCUT2D eigenvalue weighted by atomic mass is 35.5. The SMILES string of the molecule is CCOc1ccc(C(O)=C2C(=O)C(=O)N(CCN(C)C)[C@@H]2c2ccccc2)cc1Cl. The van der Waals surface area contributed by atoms with Gasteiger partial charge in [0.1, 0.15) is 11.5 Å². The fraction of sp³-hybridized carbons (Fsp3) is 0.304. The molecule has 0 aromatic heterocycles. The first kappa shape index (κ1) is 21.9. The van der Waals surface area contributed by atoms with Crippen LogP contribution in [0.15, 0.2) is 54.1 Å². The number of Topliss-reactive ketones (excluding diaryl/α,β-unsaturated/α-hetero) is 1. The summed E-state index contributed by atoms with van der Waals surface area (Å²) in [4.78, 5) is 29.2. The summed E-state index contributed by atoms with van der Waals surface area (Å²) in [5.41, 5.74) is 1.18. The summed E-state index contributed by atoms with van der Waals surface area (Å²) in [6.45, 7) is 3.25. The maximum Gasteiger partial charge on any atom is 0.295 e. The minimum absolute atomic E-state index is 0.0604. The number of rotatable bonds is 7. The van der Waals surface area contributed by atoms with Crippen molar-refractivity contribution in [3.8, 4) is 5.75 Å². The monoisotopic (exact) mass is 428 g/mol. The highest BCUT2D eigenvalue weighted by Gasteiger charge is 2.45. The molecule has 158 valence electrons. The molecule has 1 heterocycles. The van der Waals surface area contributed by atoms with Gasteiger partial charge >= 0.3 is 0 Å². The number of amides is 1. The quantitative estimate of drug-likeness (QED) is 0.413. The Morgan fingerprint density at radius 1 is 1.17 bits per heavy atom. The number of carbonyl (C=O) groups is 2. The van der Waals surface area contributed by atoms with Crippen molar-refractivity contribution in [3.05, 3.63) is 70.3 Å². The van der Waals surface area contributed by atoms with Crippen LogP contribution in [-0.2, 0) is 9.59 Å². The van der Waals surface area contributed by atoms with E-state index in [0.29, 0.717) is 36.0 Å². The van der Waals surface area contributed by atoms with Gasteiger partial charge in [-0.25, -0.2) is 0 Å². The average molecular weight is 429 g/mol. The van der Waals surface area contributed by atoms with Crippen LogP contribution in [0.5, 0.6) is 5.75 Å². The number of carbonyl (C=O) groups excluding carboxylic acids is 2. The molecular weight excluding hydrogens is 404 g/mol. The molecule has 0 radical (unpaired) electrons. The second kappa shape index (κ2) is 9.32. The first-order valence-electron chi connectivity index (χ1n) is 9.76. The third kappa shape index (κ3) is 4.35. The van der Waals surface area contributed by atoms with Gasteiger partial charge in [-0.1, -0.05) is 41.9 Å². The normalized spacial score (nSPS) is 18.3. The zero-order chi connectivity index (χ0) is 21.8. The first-order valence-corrected chi connectivity index (χ1v) is 10.1. The summed E-state index contributed by atoms with van der Waals surface area (Å²) in [5.74, 6) is -1.09. The van der Waals surface area contributed by atoms with Crippen LogP contribution in [0.3, 0.4) is 0 Å². The Balaban J connectivity index is 2.10. The minimum atomic E-state index is -0.704. The van der Waals surface area contributed by atoms with Gasteiger partial charge in [0.25, 0.3) is 11.7 Å². The van der Waals surface area contributed by atoms with Gasteiger partial charge in [0.05, 0.1) is 23.2 Å². The summed E-state index contributed by atoms with van der Waals surface area (Å²) in [6.07, 6.45) is 0. The highest BCUT2D eigenvalue weighted by molar-refractivity contribution is 6.46. The van der Waals surface area contributed by atoms with Crippen LogP contribution in [0.4, 0.5) is 0 Å². The van der Waals surface area contributed by atoms with Gasteiger partial charge < -0.3 is 19.6 Å². The molecule has 7 heteroatoms. The van der Waals surface area contributed by atoms with Gasteiger partial charge in [0, 0.05) is 18.7 Å². The maximum atomic E-state index is 12.9. The second-order valence-corrected chi connectivity index (χ2v) is 7.69. The van der Waals surface area contributed by atoms with Crippen molar-refractivity contribution in [3.63, 3.8) is 0 Å². The van der Waals surface area contributed by atoms with Crippen LogP contribution in [0.2, 0.25) is 5.02 Å². The Labute approximate surface area is 181 Å². The van der Waals surface area contributed by atoms with Gasteiger partial charge in [0.2, 0.25) is 0 Å². The topological polar surface area (TPSA) is 70.1 Å². The molecule has 0 aliphatic carbocycles. The summed E-state index contributed by atoms with van der Waals surface area (Å²) in [7, 11) is 3.80. The second-order valence-electron chi connectivity index (χ2n) is 7.28. The first-order chi connectivity index (χ1) is 14.3. The van der Waals surface area contributed by atoms with Crippen molar-refractivity contribution in [2.75, 3.05) is 33.8 Å². The van der Waals surface area contributed by atoms with Crippen LogP contribution in [0, 0.1) is 0 Å². The molecule has 0 bridgehead atoms. The summed E-state index contributed by atoms with van der Waals surface area (Å²) >= 11 is 6.26. The van der Waals surface area contributed by atoms with Crippen molar-refractivity contribution in [1.29, 1.82) is 0 Å². The number of halogens is 1. The van der Waals surface area contributed by atoms with Crippen molar-refractivity contribution in [1.82, 2.24) is 9.80 Å². The Bertz CT molecular complexity index is 972. The number of nitrogens with zero attached hydrogens (tertiary/aromatic N) is 2. The number of ether oxygens (including phenoxy) is 1. The van der Waals surface area contributed by atoms with E-state index in [1.807, 2.05) is 56.3 Å². The maximum absolute atomic E-state index is 12.9. The number of aliphatic hydroxyl groups is 1. The molecule has 2 aromatic carbocycles. The van der Waals surface area contributed by atoms with E-state index in [0.717, 1.165) is 5.56 Å². The Kier molecular flexibility index (Phi) is 6.80. The van der Waals surface area contributed by atoms with Crippen LogP contribution in [0.25, 0.3) is 5.76 Å². The van der Waals surface area contributed by atoms with Crippen molar-refractivity contribution >= 4 is 29.1 Å². The Morgan fingerprint density at radius 3 is 2.47 bits per heavy atom. The van der Waals surface area contributed by atoms with E-state index >= 15 is 0 Å². The van der Waals surface area contributed by atoms with Crippen molar-refractivity contribution in [2.24, 2.45) is 0 Å². The molecule has 1 fully saturated rings. The molecule has 1 atom stereocenters. The van der Waals surface area contributed by atoms with E-state index in [-0.39, 0.29) is 11.3 Å². The minimum Gasteiger partial charge on any atom is -0.507 e. The largest absolute Gasteiger partial charge is 0.507 e.